The smallest absolute Gasteiger partial charge is 0.322 e. The molecule has 1 atom stereocenters. The van der Waals surface area contributed by atoms with Gasteiger partial charge < -0.3 is 15.3 Å². The molecular formula is C13H13ClF2N2O3. The molecule has 1 aliphatic heterocycles. The predicted molar refractivity (Wildman–Crippen MR) is 72.4 cm³/mol. The zero-order valence-corrected chi connectivity index (χ0v) is 11.9. The lowest BCUT2D eigenvalue weighted by Crippen LogP contribution is -2.34. The molecule has 1 aromatic carbocycles. The van der Waals surface area contributed by atoms with Gasteiger partial charge in [-0.1, -0.05) is 11.6 Å². The molecule has 0 aliphatic carbocycles. The topological polar surface area (TPSA) is 69.6 Å². The van der Waals surface area contributed by atoms with Crippen LogP contribution in [-0.2, 0) is 4.79 Å². The van der Waals surface area contributed by atoms with Crippen LogP contribution in [0.25, 0.3) is 0 Å². The Bertz CT molecular complexity index is 610. The number of aliphatic carboxylic acids is 1. The number of carboxylic acid groups (broad SMARTS) is 1. The maximum Gasteiger partial charge on any atom is 0.322 e. The summed E-state index contributed by atoms with van der Waals surface area (Å²) in [6, 6.07) is 0.179. The van der Waals surface area contributed by atoms with E-state index in [2.05, 4.69) is 5.32 Å². The van der Waals surface area contributed by atoms with Crippen molar-refractivity contribution in [3.05, 3.63) is 28.3 Å². The van der Waals surface area contributed by atoms with Crippen molar-refractivity contribution < 1.29 is 23.5 Å². The molecule has 5 nitrogen and oxygen atoms in total. The summed E-state index contributed by atoms with van der Waals surface area (Å²) >= 11 is 5.64. The van der Waals surface area contributed by atoms with Crippen LogP contribution in [0.4, 0.5) is 19.3 Å². The van der Waals surface area contributed by atoms with E-state index in [1.54, 1.807) is 0 Å². The summed E-state index contributed by atoms with van der Waals surface area (Å²) in [6.45, 7) is 1.60. The van der Waals surface area contributed by atoms with Crippen molar-refractivity contribution in [2.75, 3.05) is 18.4 Å². The summed E-state index contributed by atoms with van der Waals surface area (Å²) in [7, 11) is 0. The first-order chi connectivity index (χ1) is 9.81. The van der Waals surface area contributed by atoms with Gasteiger partial charge in [-0.25, -0.2) is 13.6 Å². The average Bonchev–Trinajstić information content (AvgIpc) is 2.91. The Morgan fingerprint density at radius 3 is 2.71 bits per heavy atom. The second-order valence-corrected chi connectivity index (χ2v) is 5.26. The van der Waals surface area contributed by atoms with Gasteiger partial charge in [0.2, 0.25) is 0 Å². The second kappa shape index (κ2) is 5.85. The van der Waals surface area contributed by atoms with Crippen molar-refractivity contribution in [1.82, 2.24) is 4.90 Å². The second-order valence-electron chi connectivity index (χ2n) is 4.85. The first kappa shape index (κ1) is 15.5. The van der Waals surface area contributed by atoms with Crippen molar-refractivity contribution in [3.63, 3.8) is 0 Å². The maximum absolute atomic E-state index is 13.9. The number of anilines is 1. The van der Waals surface area contributed by atoms with Crippen LogP contribution in [0.3, 0.4) is 0 Å². The van der Waals surface area contributed by atoms with Crippen molar-refractivity contribution in [1.29, 1.82) is 0 Å². The molecule has 1 heterocycles. The fourth-order valence-electron chi connectivity index (χ4n) is 2.14. The van der Waals surface area contributed by atoms with Gasteiger partial charge >= 0.3 is 12.0 Å². The number of likely N-dealkylation sites (tertiary alicyclic amines) is 1. The Balaban J connectivity index is 2.14. The van der Waals surface area contributed by atoms with Gasteiger partial charge in [-0.15, -0.1) is 0 Å². The maximum atomic E-state index is 13.9. The summed E-state index contributed by atoms with van der Waals surface area (Å²) < 4.78 is 27.6. The van der Waals surface area contributed by atoms with Gasteiger partial charge in [0, 0.05) is 23.7 Å². The molecule has 0 bridgehead atoms. The van der Waals surface area contributed by atoms with Gasteiger partial charge in [0.1, 0.15) is 5.69 Å². The molecule has 21 heavy (non-hydrogen) atoms. The number of hydrogen-bond donors (Lipinski definition) is 2. The van der Waals surface area contributed by atoms with Crippen molar-refractivity contribution >= 4 is 29.3 Å². The number of hydrogen-bond acceptors (Lipinski definition) is 2. The molecule has 0 aromatic heterocycles. The Hall–Kier alpha value is -1.89. The summed E-state index contributed by atoms with van der Waals surface area (Å²) in [5.41, 5.74) is -0.557. The van der Waals surface area contributed by atoms with Crippen molar-refractivity contribution in [2.24, 2.45) is 5.92 Å². The highest BCUT2D eigenvalue weighted by molar-refractivity contribution is 6.31. The monoisotopic (exact) mass is 318 g/mol. The van der Waals surface area contributed by atoms with Gasteiger partial charge in [0.15, 0.2) is 11.6 Å². The number of nitrogens with zero attached hydrogens (tertiary/aromatic N) is 1. The van der Waals surface area contributed by atoms with E-state index in [9.17, 15) is 18.4 Å². The fraction of sp³-hybridized carbons (Fsp3) is 0.385. The molecule has 2 N–H and O–H groups in total. The molecule has 1 unspecified atom stereocenters. The van der Waals surface area contributed by atoms with Crippen molar-refractivity contribution in [3.8, 4) is 0 Å². The van der Waals surface area contributed by atoms with Gasteiger partial charge in [-0.05, 0) is 19.4 Å². The van der Waals surface area contributed by atoms with Gasteiger partial charge in [0.25, 0.3) is 0 Å². The highest BCUT2D eigenvalue weighted by atomic mass is 35.5. The third-order valence-electron chi connectivity index (χ3n) is 3.46. The van der Waals surface area contributed by atoms with Crippen LogP contribution >= 0.6 is 11.6 Å². The third-order valence-corrected chi connectivity index (χ3v) is 3.85. The summed E-state index contributed by atoms with van der Waals surface area (Å²) in [4.78, 5) is 24.0. The van der Waals surface area contributed by atoms with Crippen LogP contribution < -0.4 is 5.32 Å². The van der Waals surface area contributed by atoms with E-state index in [4.69, 9.17) is 16.7 Å². The summed E-state index contributed by atoms with van der Waals surface area (Å²) in [5.74, 6) is -3.57. The molecule has 1 fully saturated rings. The quantitative estimate of drug-likeness (QED) is 0.881. The lowest BCUT2D eigenvalue weighted by Gasteiger charge is -2.18. The first-order valence-electron chi connectivity index (χ1n) is 6.24. The van der Waals surface area contributed by atoms with Crippen LogP contribution in [-0.4, -0.2) is 35.1 Å². The minimum atomic E-state index is -0.995. The lowest BCUT2D eigenvalue weighted by atomic mass is 10.1. The number of benzene rings is 1. The molecule has 1 saturated heterocycles. The van der Waals surface area contributed by atoms with Crippen LogP contribution in [0.15, 0.2) is 6.07 Å². The number of amides is 2. The normalized spacial score (nSPS) is 17.9. The summed E-state index contributed by atoms with van der Waals surface area (Å²) in [5, 5.41) is 10.9. The van der Waals surface area contributed by atoms with Crippen molar-refractivity contribution in [2.45, 2.75) is 13.3 Å². The molecule has 114 valence electrons. The van der Waals surface area contributed by atoms with E-state index in [-0.39, 0.29) is 23.7 Å². The largest absolute Gasteiger partial charge is 0.481 e. The number of halogens is 3. The SMILES string of the molecule is Cc1c(Cl)cc(F)c(NC(=O)N2CCC(C(=O)O)C2)c1F. The highest BCUT2D eigenvalue weighted by Crippen LogP contribution is 2.28. The van der Waals surface area contributed by atoms with E-state index >= 15 is 0 Å². The average molecular weight is 319 g/mol. The molecule has 2 rings (SSSR count). The fourth-order valence-corrected chi connectivity index (χ4v) is 2.31. The standard InChI is InChI=1S/C13H13ClF2N2O3/c1-6-8(14)4-9(15)11(10(6)16)17-13(21)18-3-2-7(5-18)12(19)20/h4,7H,2-3,5H2,1H3,(H,17,21)(H,19,20). The number of carbonyl (C=O) groups excluding carboxylic acids is 1. The molecule has 0 spiro atoms. The zero-order chi connectivity index (χ0) is 15.7. The minimum Gasteiger partial charge on any atom is -0.481 e. The Morgan fingerprint density at radius 1 is 1.48 bits per heavy atom. The third kappa shape index (κ3) is 3.07. The Labute approximate surface area is 124 Å². The van der Waals surface area contributed by atoms with Crippen LogP contribution in [0.1, 0.15) is 12.0 Å². The molecule has 0 radical (unpaired) electrons. The van der Waals surface area contributed by atoms with Crippen LogP contribution in [0.2, 0.25) is 5.02 Å². The summed E-state index contributed by atoms with van der Waals surface area (Å²) in [6.07, 6.45) is 0.313. The lowest BCUT2D eigenvalue weighted by molar-refractivity contribution is -0.141. The van der Waals surface area contributed by atoms with E-state index < -0.39 is 35.2 Å². The molecule has 1 aromatic rings. The Morgan fingerprint density at radius 2 is 2.14 bits per heavy atom. The van der Waals surface area contributed by atoms with Gasteiger partial charge in [-0.2, -0.15) is 0 Å². The molecular weight excluding hydrogens is 306 g/mol. The number of rotatable bonds is 2. The van der Waals surface area contributed by atoms with Crippen LogP contribution in [0.5, 0.6) is 0 Å². The van der Waals surface area contributed by atoms with E-state index in [1.165, 1.54) is 11.8 Å². The number of nitrogens with one attached hydrogen (secondary N) is 1. The van der Waals surface area contributed by atoms with E-state index in [0.717, 1.165) is 6.07 Å². The van der Waals surface area contributed by atoms with Crippen LogP contribution in [0, 0.1) is 24.5 Å². The minimum absolute atomic E-state index is 0.0109. The first-order valence-corrected chi connectivity index (χ1v) is 6.62. The highest BCUT2D eigenvalue weighted by Gasteiger charge is 2.31. The number of urea groups is 1. The molecule has 1 aliphatic rings. The van der Waals surface area contributed by atoms with E-state index in [1.807, 2.05) is 0 Å². The number of carboxylic acids is 1. The molecule has 0 saturated carbocycles. The van der Waals surface area contributed by atoms with E-state index in [0.29, 0.717) is 6.42 Å². The van der Waals surface area contributed by atoms with Gasteiger partial charge in [-0.3, -0.25) is 4.79 Å². The zero-order valence-electron chi connectivity index (χ0n) is 11.1. The number of carbonyl (C=O) groups is 2. The van der Waals surface area contributed by atoms with Gasteiger partial charge in [0.05, 0.1) is 5.92 Å². The molecule has 2 amide bonds. The molecule has 8 heteroatoms. The predicted octanol–water partition coefficient (Wildman–Crippen LogP) is 2.87. The Kier molecular flexibility index (Phi) is 4.32.